The molecule has 1 unspecified atom stereocenters. The fourth-order valence-corrected chi connectivity index (χ4v) is 5.16. The Kier molecular flexibility index (Phi) is 3.60. The number of aryl methyl sites for hydroxylation is 1. The quantitative estimate of drug-likeness (QED) is 0.336. The van der Waals surface area contributed by atoms with E-state index < -0.39 is 0 Å². The Morgan fingerprint density at radius 2 is 1.55 bits per heavy atom. The van der Waals surface area contributed by atoms with Gasteiger partial charge in [-0.15, -0.1) is 0 Å². The average molecular weight is 374 g/mol. The normalized spacial score (nSPS) is 16.3. The van der Waals surface area contributed by atoms with Crippen LogP contribution >= 0.6 is 0 Å². The van der Waals surface area contributed by atoms with E-state index in [-0.39, 0.29) is 0 Å². The number of pyridine rings is 1. The molecule has 1 aliphatic carbocycles. The number of aromatic nitrogens is 1. The van der Waals surface area contributed by atoms with E-state index in [1.165, 1.54) is 44.7 Å². The van der Waals surface area contributed by atoms with Gasteiger partial charge in [0.2, 0.25) is 0 Å². The van der Waals surface area contributed by atoms with Gasteiger partial charge in [0.15, 0.2) is 0 Å². The molecule has 1 aromatic heterocycles. The Hall–Kier alpha value is -3.39. The third kappa shape index (κ3) is 2.52. The number of benzene rings is 4. The van der Waals surface area contributed by atoms with Gasteiger partial charge in [0, 0.05) is 16.9 Å². The summed E-state index contributed by atoms with van der Waals surface area (Å²) in [6.45, 7) is 0. The highest BCUT2D eigenvalue weighted by molar-refractivity contribution is 6.09. The van der Waals surface area contributed by atoms with Gasteiger partial charge in [-0.1, -0.05) is 66.7 Å². The highest BCUT2D eigenvalue weighted by atomic mass is 14.8. The van der Waals surface area contributed by atoms with Gasteiger partial charge in [0.05, 0.1) is 5.52 Å². The van der Waals surface area contributed by atoms with E-state index in [9.17, 15) is 0 Å². The monoisotopic (exact) mass is 374 g/mol. The van der Waals surface area contributed by atoms with Crippen LogP contribution in [0.3, 0.4) is 0 Å². The zero-order chi connectivity index (χ0) is 19.4. The fourth-order valence-electron chi connectivity index (χ4n) is 5.16. The van der Waals surface area contributed by atoms with Gasteiger partial charge in [-0.3, -0.25) is 0 Å². The van der Waals surface area contributed by atoms with Crippen molar-refractivity contribution in [2.45, 2.75) is 25.2 Å². The highest BCUT2D eigenvalue weighted by Crippen LogP contribution is 2.44. The third-order valence-corrected chi connectivity index (χ3v) is 6.51. The molecule has 0 saturated heterocycles. The van der Waals surface area contributed by atoms with E-state index in [0.29, 0.717) is 11.7 Å². The van der Waals surface area contributed by atoms with E-state index in [0.717, 1.165) is 23.7 Å². The summed E-state index contributed by atoms with van der Waals surface area (Å²) >= 11 is 0. The van der Waals surface area contributed by atoms with Crippen molar-refractivity contribution < 1.29 is 0 Å². The molecule has 140 valence electrons. The standard InChI is InChI=1S/C27H22N2/c28-27-24(16-19-7-2-4-11-25(19)29-27)22-10-5-8-18-13-14-21-20-9-3-1-6-17(20)12-15-23(21)26(18)22/h1-4,6-7,9,11-16,22H,5,8,10H2,(H2,28,29). The number of hydrogen-bond acceptors (Lipinski definition) is 2. The zero-order valence-corrected chi connectivity index (χ0v) is 16.2. The fraction of sp³-hybridized carbons (Fsp3) is 0.148. The third-order valence-electron chi connectivity index (χ3n) is 6.51. The molecule has 0 spiro atoms. The number of nitrogen functional groups attached to an aromatic ring is 1. The molecule has 2 N–H and O–H groups in total. The average Bonchev–Trinajstić information content (AvgIpc) is 2.77. The summed E-state index contributed by atoms with van der Waals surface area (Å²) in [6, 6.07) is 28.4. The van der Waals surface area contributed by atoms with Crippen molar-refractivity contribution in [1.29, 1.82) is 0 Å². The summed E-state index contributed by atoms with van der Waals surface area (Å²) in [5.41, 5.74) is 11.5. The molecule has 1 aliphatic rings. The van der Waals surface area contributed by atoms with E-state index in [1.807, 2.05) is 12.1 Å². The van der Waals surface area contributed by atoms with Crippen LogP contribution in [0.15, 0.2) is 78.9 Å². The van der Waals surface area contributed by atoms with Crippen molar-refractivity contribution >= 4 is 38.3 Å². The van der Waals surface area contributed by atoms with Crippen molar-refractivity contribution in [3.8, 4) is 0 Å². The second-order valence-electron chi connectivity index (χ2n) is 8.12. The van der Waals surface area contributed by atoms with Gasteiger partial charge >= 0.3 is 0 Å². The smallest absolute Gasteiger partial charge is 0.127 e. The van der Waals surface area contributed by atoms with Gasteiger partial charge in [-0.25, -0.2) is 4.98 Å². The number of nitrogens with zero attached hydrogens (tertiary/aromatic N) is 1. The molecular weight excluding hydrogens is 352 g/mol. The Morgan fingerprint density at radius 3 is 2.48 bits per heavy atom. The Labute approximate surface area is 170 Å². The van der Waals surface area contributed by atoms with Crippen LogP contribution in [0.5, 0.6) is 0 Å². The van der Waals surface area contributed by atoms with Crippen LogP contribution in [-0.4, -0.2) is 4.98 Å². The lowest BCUT2D eigenvalue weighted by Crippen LogP contribution is -2.14. The Bertz CT molecular complexity index is 1400. The van der Waals surface area contributed by atoms with Gasteiger partial charge in [0.25, 0.3) is 0 Å². The van der Waals surface area contributed by atoms with Crippen LogP contribution in [0.1, 0.15) is 35.4 Å². The van der Waals surface area contributed by atoms with E-state index in [4.69, 9.17) is 10.7 Å². The molecule has 0 bridgehead atoms. The summed E-state index contributed by atoms with van der Waals surface area (Å²) < 4.78 is 0. The largest absolute Gasteiger partial charge is 0.383 e. The SMILES string of the molecule is Nc1nc2ccccc2cc1C1CCCc2ccc3c(ccc4ccccc43)c21. The molecule has 6 rings (SSSR count). The van der Waals surface area contributed by atoms with Gasteiger partial charge < -0.3 is 5.73 Å². The number of para-hydroxylation sites is 1. The lowest BCUT2D eigenvalue weighted by atomic mass is 9.76. The molecule has 0 saturated carbocycles. The number of anilines is 1. The molecule has 2 nitrogen and oxygen atoms in total. The van der Waals surface area contributed by atoms with Crippen LogP contribution in [0.2, 0.25) is 0 Å². The second kappa shape index (κ2) is 6.31. The van der Waals surface area contributed by atoms with Crippen molar-refractivity contribution in [2.24, 2.45) is 0 Å². The van der Waals surface area contributed by atoms with Crippen molar-refractivity contribution in [2.75, 3.05) is 5.73 Å². The summed E-state index contributed by atoms with van der Waals surface area (Å²) in [6.07, 6.45) is 3.43. The van der Waals surface area contributed by atoms with Crippen LogP contribution in [0, 0.1) is 0 Å². The number of rotatable bonds is 1. The first-order chi connectivity index (χ1) is 14.3. The number of nitrogens with two attached hydrogens (primary N) is 1. The Balaban J connectivity index is 1.64. The minimum absolute atomic E-state index is 0.292. The van der Waals surface area contributed by atoms with Crippen LogP contribution in [0.4, 0.5) is 5.82 Å². The maximum Gasteiger partial charge on any atom is 0.127 e. The molecule has 0 radical (unpaired) electrons. The Morgan fingerprint density at radius 1 is 0.759 bits per heavy atom. The minimum atomic E-state index is 0.292. The summed E-state index contributed by atoms with van der Waals surface area (Å²) in [7, 11) is 0. The molecule has 5 aromatic rings. The first-order valence-corrected chi connectivity index (χ1v) is 10.4. The molecule has 0 amide bonds. The van der Waals surface area contributed by atoms with Gasteiger partial charge in [0.1, 0.15) is 5.82 Å². The summed E-state index contributed by atoms with van der Waals surface area (Å²) in [4.78, 5) is 4.73. The second-order valence-corrected chi connectivity index (χ2v) is 8.12. The summed E-state index contributed by atoms with van der Waals surface area (Å²) in [5, 5.41) is 6.47. The maximum absolute atomic E-state index is 6.50. The predicted octanol–water partition coefficient (Wildman–Crippen LogP) is 6.59. The molecule has 1 heterocycles. The van der Waals surface area contributed by atoms with Crippen LogP contribution in [-0.2, 0) is 6.42 Å². The number of fused-ring (bicyclic) bond motifs is 6. The minimum Gasteiger partial charge on any atom is -0.383 e. The molecule has 4 aromatic carbocycles. The highest BCUT2D eigenvalue weighted by Gasteiger charge is 2.26. The molecule has 1 atom stereocenters. The lowest BCUT2D eigenvalue weighted by molar-refractivity contribution is 0.621. The number of hydrogen-bond donors (Lipinski definition) is 1. The zero-order valence-electron chi connectivity index (χ0n) is 16.2. The molecule has 0 fully saturated rings. The molecule has 2 heteroatoms. The predicted molar refractivity (Wildman–Crippen MR) is 122 cm³/mol. The molecule has 29 heavy (non-hydrogen) atoms. The van der Waals surface area contributed by atoms with Crippen LogP contribution < -0.4 is 5.73 Å². The van der Waals surface area contributed by atoms with Crippen molar-refractivity contribution in [3.63, 3.8) is 0 Å². The summed E-state index contributed by atoms with van der Waals surface area (Å²) in [5.74, 6) is 0.958. The maximum atomic E-state index is 6.50. The lowest BCUT2D eigenvalue weighted by Gasteiger charge is -2.28. The van der Waals surface area contributed by atoms with Crippen LogP contribution in [0.25, 0.3) is 32.4 Å². The molecule has 0 aliphatic heterocycles. The van der Waals surface area contributed by atoms with Gasteiger partial charge in [-0.2, -0.15) is 0 Å². The topological polar surface area (TPSA) is 38.9 Å². The van der Waals surface area contributed by atoms with E-state index >= 15 is 0 Å². The van der Waals surface area contributed by atoms with Crippen molar-refractivity contribution in [1.82, 2.24) is 4.98 Å². The molecular formula is C27H22N2. The van der Waals surface area contributed by atoms with Crippen molar-refractivity contribution in [3.05, 3.63) is 95.6 Å². The first-order valence-electron chi connectivity index (χ1n) is 10.4. The van der Waals surface area contributed by atoms with Gasteiger partial charge in [-0.05, 0) is 64.1 Å². The van der Waals surface area contributed by atoms with E-state index in [1.54, 1.807) is 0 Å². The van der Waals surface area contributed by atoms with E-state index in [2.05, 4.69) is 66.7 Å². The first kappa shape index (κ1) is 16.6.